The zero-order valence-corrected chi connectivity index (χ0v) is 18.1. The van der Waals surface area contributed by atoms with E-state index in [4.69, 9.17) is 16.6 Å². The van der Waals surface area contributed by atoms with Gasteiger partial charge in [-0.25, -0.2) is 18.4 Å². The van der Waals surface area contributed by atoms with Crippen molar-refractivity contribution < 1.29 is 8.42 Å². The van der Waals surface area contributed by atoms with Gasteiger partial charge in [0.25, 0.3) is 0 Å². The number of halogens is 1. The van der Waals surface area contributed by atoms with Crippen molar-refractivity contribution in [2.24, 2.45) is 5.92 Å². The highest BCUT2D eigenvalue weighted by Crippen LogP contribution is 2.35. The molecule has 30 heavy (non-hydrogen) atoms. The van der Waals surface area contributed by atoms with E-state index in [-0.39, 0.29) is 10.6 Å². The minimum absolute atomic E-state index is 0.00512. The van der Waals surface area contributed by atoms with Crippen LogP contribution >= 0.6 is 11.6 Å². The summed E-state index contributed by atoms with van der Waals surface area (Å²) in [6, 6.07) is 15.2. The summed E-state index contributed by atoms with van der Waals surface area (Å²) in [4.78, 5) is 11.4. The van der Waals surface area contributed by atoms with Crippen molar-refractivity contribution in [3.05, 3.63) is 59.2 Å². The molecule has 0 bridgehead atoms. The van der Waals surface area contributed by atoms with Crippen LogP contribution < -0.4 is 4.90 Å². The van der Waals surface area contributed by atoms with Gasteiger partial charge in [-0.1, -0.05) is 36.7 Å². The van der Waals surface area contributed by atoms with Crippen LogP contribution in [0.2, 0.25) is 5.02 Å². The fourth-order valence-electron chi connectivity index (χ4n) is 3.85. The second-order valence-electron chi connectivity index (χ2n) is 7.63. The molecule has 2 atom stereocenters. The maximum Gasteiger partial charge on any atom is 0.200 e. The summed E-state index contributed by atoms with van der Waals surface area (Å²) >= 11 is 6.01. The van der Waals surface area contributed by atoms with Crippen LogP contribution in [0.25, 0.3) is 11.0 Å². The Balaban J connectivity index is 1.91. The largest absolute Gasteiger partial charge is 0.355 e. The van der Waals surface area contributed by atoms with Gasteiger partial charge in [0.2, 0.25) is 9.84 Å². The summed E-state index contributed by atoms with van der Waals surface area (Å²) in [5.41, 5.74) is 1.40. The SMILES string of the molecule is C[C@@H]1CCCN(c2nc3ccccc3nc2[C@H](C#N)S(=O)(=O)c2cccc(Cl)c2)C1. The molecule has 0 saturated carbocycles. The van der Waals surface area contributed by atoms with Gasteiger partial charge in [-0.3, -0.25) is 0 Å². The first-order valence-electron chi connectivity index (χ1n) is 9.81. The smallest absolute Gasteiger partial charge is 0.200 e. The average molecular weight is 441 g/mol. The Hall–Kier alpha value is -2.69. The summed E-state index contributed by atoms with van der Waals surface area (Å²) < 4.78 is 26.8. The molecule has 2 heterocycles. The normalized spacial score (nSPS) is 18.2. The molecular weight excluding hydrogens is 420 g/mol. The number of hydrogen-bond acceptors (Lipinski definition) is 6. The number of benzene rings is 2. The molecule has 0 spiro atoms. The van der Waals surface area contributed by atoms with Gasteiger partial charge in [0.05, 0.1) is 22.0 Å². The van der Waals surface area contributed by atoms with Crippen molar-refractivity contribution in [1.29, 1.82) is 5.26 Å². The van der Waals surface area contributed by atoms with Gasteiger partial charge in [0.1, 0.15) is 5.69 Å². The number of rotatable bonds is 4. The minimum Gasteiger partial charge on any atom is -0.355 e. The van der Waals surface area contributed by atoms with Crippen molar-refractivity contribution in [2.45, 2.75) is 29.9 Å². The molecule has 0 aliphatic carbocycles. The average Bonchev–Trinajstić information content (AvgIpc) is 2.73. The molecule has 0 radical (unpaired) electrons. The number of anilines is 1. The summed E-state index contributed by atoms with van der Waals surface area (Å²) in [5.74, 6) is 0.919. The number of para-hydroxylation sites is 2. The van der Waals surface area contributed by atoms with Crippen LogP contribution in [-0.4, -0.2) is 31.5 Å². The Labute approximate surface area is 181 Å². The highest BCUT2D eigenvalue weighted by molar-refractivity contribution is 7.92. The van der Waals surface area contributed by atoms with Gasteiger partial charge in [-0.15, -0.1) is 0 Å². The van der Waals surface area contributed by atoms with Gasteiger partial charge in [0, 0.05) is 18.1 Å². The van der Waals surface area contributed by atoms with Crippen molar-refractivity contribution in [3.8, 4) is 6.07 Å². The number of hydrogen-bond donors (Lipinski definition) is 0. The molecule has 1 aromatic heterocycles. The van der Waals surface area contributed by atoms with E-state index in [0.29, 0.717) is 27.8 Å². The predicted molar refractivity (Wildman–Crippen MR) is 117 cm³/mol. The van der Waals surface area contributed by atoms with E-state index < -0.39 is 15.1 Å². The summed E-state index contributed by atoms with van der Waals surface area (Å²) in [6.07, 6.45) is 2.09. The molecule has 1 saturated heterocycles. The van der Waals surface area contributed by atoms with Gasteiger partial charge in [-0.2, -0.15) is 5.26 Å². The Kier molecular flexibility index (Phi) is 5.63. The van der Waals surface area contributed by atoms with E-state index in [1.807, 2.05) is 24.3 Å². The van der Waals surface area contributed by atoms with Gasteiger partial charge in [-0.05, 0) is 49.1 Å². The van der Waals surface area contributed by atoms with Gasteiger partial charge in [0.15, 0.2) is 11.1 Å². The Bertz CT molecular complexity index is 1240. The minimum atomic E-state index is -4.04. The fraction of sp³-hybridized carbons (Fsp3) is 0.318. The Morgan fingerprint density at radius 3 is 2.57 bits per heavy atom. The van der Waals surface area contributed by atoms with E-state index in [2.05, 4.69) is 16.8 Å². The first-order valence-corrected chi connectivity index (χ1v) is 11.7. The summed E-state index contributed by atoms with van der Waals surface area (Å²) in [7, 11) is -4.04. The predicted octanol–water partition coefficient (Wildman–Crippen LogP) is 4.56. The summed E-state index contributed by atoms with van der Waals surface area (Å²) in [5, 5.41) is 8.75. The Morgan fingerprint density at radius 2 is 1.90 bits per heavy atom. The number of aromatic nitrogens is 2. The van der Waals surface area contributed by atoms with Crippen LogP contribution in [0.1, 0.15) is 30.7 Å². The number of piperidine rings is 1. The zero-order chi connectivity index (χ0) is 21.3. The molecule has 0 N–H and O–H groups in total. The molecular formula is C22H21ClN4O2S. The fourth-order valence-corrected chi connectivity index (χ4v) is 5.53. The number of nitriles is 1. The number of sulfone groups is 1. The molecule has 4 rings (SSSR count). The van der Waals surface area contributed by atoms with E-state index in [1.165, 1.54) is 12.1 Å². The quantitative estimate of drug-likeness (QED) is 0.591. The van der Waals surface area contributed by atoms with Crippen molar-refractivity contribution in [3.63, 3.8) is 0 Å². The maximum absolute atomic E-state index is 13.4. The van der Waals surface area contributed by atoms with E-state index in [0.717, 1.165) is 25.9 Å². The first kappa shape index (κ1) is 20.6. The molecule has 6 nitrogen and oxygen atoms in total. The second kappa shape index (κ2) is 8.21. The molecule has 3 aromatic rings. The molecule has 1 aliphatic heterocycles. The van der Waals surface area contributed by atoms with Gasteiger partial charge >= 0.3 is 0 Å². The molecule has 0 unspecified atom stereocenters. The number of fused-ring (bicyclic) bond motifs is 1. The lowest BCUT2D eigenvalue weighted by Crippen LogP contribution is -2.36. The van der Waals surface area contributed by atoms with E-state index in [9.17, 15) is 13.7 Å². The zero-order valence-electron chi connectivity index (χ0n) is 16.5. The van der Waals surface area contributed by atoms with Crippen LogP contribution in [-0.2, 0) is 9.84 Å². The second-order valence-corrected chi connectivity index (χ2v) is 10.1. The molecule has 2 aromatic carbocycles. The van der Waals surface area contributed by atoms with E-state index >= 15 is 0 Å². The monoisotopic (exact) mass is 440 g/mol. The van der Waals surface area contributed by atoms with E-state index in [1.54, 1.807) is 18.2 Å². The summed E-state index contributed by atoms with van der Waals surface area (Å²) in [6.45, 7) is 3.65. The van der Waals surface area contributed by atoms with Crippen molar-refractivity contribution >= 4 is 38.3 Å². The van der Waals surface area contributed by atoms with Crippen LogP contribution in [0, 0.1) is 17.2 Å². The molecule has 1 aliphatic rings. The van der Waals surface area contributed by atoms with Crippen LogP contribution in [0.4, 0.5) is 5.82 Å². The number of nitrogens with zero attached hydrogens (tertiary/aromatic N) is 4. The van der Waals surface area contributed by atoms with Gasteiger partial charge < -0.3 is 4.90 Å². The lowest BCUT2D eigenvalue weighted by Gasteiger charge is -2.33. The van der Waals surface area contributed by atoms with Crippen molar-refractivity contribution in [1.82, 2.24) is 9.97 Å². The highest BCUT2D eigenvalue weighted by Gasteiger charge is 2.35. The lowest BCUT2D eigenvalue weighted by molar-refractivity contribution is 0.443. The topological polar surface area (TPSA) is 86.9 Å². The third kappa shape index (κ3) is 3.85. The van der Waals surface area contributed by atoms with Crippen LogP contribution in [0.5, 0.6) is 0 Å². The third-order valence-corrected chi connectivity index (χ3v) is 7.43. The van der Waals surface area contributed by atoms with Crippen molar-refractivity contribution in [2.75, 3.05) is 18.0 Å². The van der Waals surface area contributed by atoms with Crippen LogP contribution in [0.3, 0.4) is 0 Å². The molecule has 154 valence electrons. The Morgan fingerprint density at radius 1 is 1.17 bits per heavy atom. The maximum atomic E-state index is 13.4. The molecule has 8 heteroatoms. The third-order valence-electron chi connectivity index (χ3n) is 5.34. The lowest BCUT2D eigenvalue weighted by atomic mass is 10.00. The first-order chi connectivity index (χ1) is 14.4. The molecule has 1 fully saturated rings. The molecule has 0 amide bonds. The standard InChI is InChI=1S/C22H21ClN4O2S/c1-15-6-5-11-27(14-15)22-21(25-18-9-2-3-10-19(18)26-22)20(13-24)30(28,29)17-8-4-7-16(23)12-17/h2-4,7-10,12,15,20H,5-6,11,14H2,1H3/t15-,20+/m1/s1. The highest BCUT2D eigenvalue weighted by atomic mass is 35.5. The van der Waals surface area contributed by atoms with Crippen LogP contribution in [0.15, 0.2) is 53.4 Å².